The molecule has 3 heterocycles. The van der Waals surface area contributed by atoms with Crippen molar-refractivity contribution in [1.82, 2.24) is 24.6 Å². The Bertz CT molecular complexity index is 1430. The van der Waals surface area contributed by atoms with E-state index < -0.39 is 18.1 Å². The van der Waals surface area contributed by atoms with Crippen molar-refractivity contribution in [3.63, 3.8) is 0 Å². The zero-order valence-electron chi connectivity index (χ0n) is 20.6. The van der Waals surface area contributed by atoms with Crippen molar-refractivity contribution in [3.8, 4) is 11.8 Å². The number of rotatable bonds is 5. The van der Waals surface area contributed by atoms with Crippen LogP contribution in [0.2, 0.25) is 0 Å². The van der Waals surface area contributed by atoms with Crippen LogP contribution in [0.15, 0.2) is 35.3 Å². The molecule has 4 rings (SSSR count). The first-order valence-electron chi connectivity index (χ1n) is 11.4. The Labute approximate surface area is 214 Å². The van der Waals surface area contributed by atoms with Crippen molar-refractivity contribution in [3.05, 3.63) is 51.9 Å². The molecule has 202 valence electrons. The number of alkyl halides is 3. The van der Waals surface area contributed by atoms with E-state index in [4.69, 9.17) is 19.6 Å². The predicted octanol–water partition coefficient (Wildman–Crippen LogP) is 1.49. The van der Waals surface area contributed by atoms with Crippen LogP contribution in [0, 0.1) is 11.8 Å². The van der Waals surface area contributed by atoms with Gasteiger partial charge in [-0.3, -0.25) is 9.36 Å². The van der Waals surface area contributed by atoms with Gasteiger partial charge in [0.1, 0.15) is 11.0 Å². The SMILES string of the molecule is CC#CCn1c(N2CCNCC2)nc2cnn(Cc3cccc(C(=O)OC)c3)c(=O)c21.O=C(O)C(F)(F)F. The lowest BCUT2D eigenvalue weighted by Gasteiger charge is -2.28. The number of halogens is 3. The molecule has 1 aromatic carbocycles. The molecule has 38 heavy (non-hydrogen) atoms. The normalized spacial score (nSPS) is 13.2. The molecule has 3 aromatic rings. The minimum atomic E-state index is -5.08. The Hall–Kier alpha value is -4.38. The van der Waals surface area contributed by atoms with Crippen molar-refractivity contribution in [2.24, 2.45) is 0 Å². The first-order valence-corrected chi connectivity index (χ1v) is 11.4. The summed E-state index contributed by atoms with van der Waals surface area (Å²) in [6.07, 6.45) is -3.47. The molecule has 14 heteroatoms. The van der Waals surface area contributed by atoms with E-state index in [1.807, 2.05) is 10.6 Å². The number of benzene rings is 1. The predicted molar refractivity (Wildman–Crippen MR) is 131 cm³/mol. The minimum Gasteiger partial charge on any atom is -0.475 e. The summed E-state index contributed by atoms with van der Waals surface area (Å²) < 4.78 is 39.8. The molecule has 0 unspecified atom stereocenters. The van der Waals surface area contributed by atoms with Crippen LogP contribution in [0.5, 0.6) is 0 Å². The molecular formula is C24H25F3N6O5. The van der Waals surface area contributed by atoms with Crippen LogP contribution in [0.1, 0.15) is 22.8 Å². The number of fused-ring (bicyclic) bond motifs is 1. The Balaban J connectivity index is 0.000000505. The van der Waals surface area contributed by atoms with Crippen molar-refractivity contribution < 1.29 is 32.6 Å². The number of hydrogen-bond donors (Lipinski definition) is 2. The minimum absolute atomic E-state index is 0.229. The lowest BCUT2D eigenvalue weighted by molar-refractivity contribution is -0.192. The Morgan fingerprint density at radius 1 is 1.24 bits per heavy atom. The van der Waals surface area contributed by atoms with E-state index >= 15 is 0 Å². The van der Waals surface area contributed by atoms with Crippen LogP contribution in [-0.2, 0) is 22.6 Å². The summed E-state index contributed by atoms with van der Waals surface area (Å²) in [5, 5.41) is 14.8. The second-order valence-electron chi connectivity index (χ2n) is 8.00. The molecule has 0 aliphatic carbocycles. The number of carbonyl (C=O) groups excluding carboxylic acids is 1. The summed E-state index contributed by atoms with van der Waals surface area (Å²) in [7, 11) is 1.34. The van der Waals surface area contributed by atoms with E-state index in [0.29, 0.717) is 23.1 Å². The lowest BCUT2D eigenvalue weighted by Crippen LogP contribution is -2.44. The fourth-order valence-corrected chi connectivity index (χ4v) is 3.69. The van der Waals surface area contributed by atoms with E-state index in [1.165, 1.54) is 11.8 Å². The molecule has 0 atom stereocenters. The van der Waals surface area contributed by atoms with Crippen LogP contribution in [0.25, 0.3) is 11.0 Å². The molecule has 1 aliphatic heterocycles. The number of anilines is 1. The molecule has 1 aliphatic rings. The molecule has 1 saturated heterocycles. The summed E-state index contributed by atoms with van der Waals surface area (Å²) in [6.45, 7) is 5.73. The van der Waals surface area contributed by atoms with Gasteiger partial charge in [0.05, 0.1) is 32.0 Å². The quantitative estimate of drug-likeness (QED) is 0.369. The van der Waals surface area contributed by atoms with Crippen molar-refractivity contribution >= 4 is 28.9 Å². The second-order valence-corrected chi connectivity index (χ2v) is 8.00. The molecule has 0 spiro atoms. The third kappa shape index (κ3) is 6.68. The van der Waals surface area contributed by atoms with Crippen LogP contribution in [-0.4, -0.2) is 75.8 Å². The van der Waals surface area contributed by atoms with Gasteiger partial charge in [-0.1, -0.05) is 18.1 Å². The molecule has 11 nitrogen and oxygen atoms in total. The molecule has 0 radical (unpaired) electrons. The lowest BCUT2D eigenvalue weighted by atomic mass is 10.1. The van der Waals surface area contributed by atoms with Gasteiger partial charge in [-0.05, 0) is 24.6 Å². The maximum atomic E-state index is 13.4. The van der Waals surface area contributed by atoms with Gasteiger partial charge in [0, 0.05) is 26.2 Å². The number of methoxy groups -OCH3 is 1. The monoisotopic (exact) mass is 534 g/mol. The number of carboxylic acid groups (broad SMARTS) is 1. The maximum absolute atomic E-state index is 13.4. The van der Waals surface area contributed by atoms with Gasteiger partial charge in [0.25, 0.3) is 5.56 Å². The smallest absolute Gasteiger partial charge is 0.475 e. The van der Waals surface area contributed by atoms with E-state index in [2.05, 4.69) is 27.2 Å². The third-order valence-corrected chi connectivity index (χ3v) is 5.47. The Morgan fingerprint density at radius 2 is 1.92 bits per heavy atom. The van der Waals surface area contributed by atoms with E-state index in [9.17, 15) is 22.8 Å². The highest BCUT2D eigenvalue weighted by molar-refractivity contribution is 5.89. The van der Waals surface area contributed by atoms with E-state index in [-0.39, 0.29) is 12.1 Å². The van der Waals surface area contributed by atoms with Crippen LogP contribution in [0.3, 0.4) is 0 Å². The van der Waals surface area contributed by atoms with Gasteiger partial charge in [0.2, 0.25) is 5.95 Å². The first-order chi connectivity index (χ1) is 18.1. The number of imidazole rings is 1. The van der Waals surface area contributed by atoms with Crippen molar-refractivity contribution in [2.45, 2.75) is 26.2 Å². The standard InChI is InChI=1S/C22H24N6O3.C2HF3O2/c1-3-4-10-27-19-18(25-22(27)26-11-8-23-9-12-26)14-24-28(20(19)29)15-16-6-5-7-17(13-16)21(30)31-2;3-2(4,5)1(6)7/h5-7,13-14,23H,8-12,15H2,1-2H3;(H,6,7). The zero-order chi connectivity index (χ0) is 27.9. The van der Waals surface area contributed by atoms with Gasteiger partial charge in [0.15, 0.2) is 0 Å². The summed E-state index contributed by atoms with van der Waals surface area (Å²) in [6, 6.07) is 6.98. The van der Waals surface area contributed by atoms with Gasteiger partial charge in [-0.25, -0.2) is 19.3 Å². The highest BCUT2D eigenvalue weighted by Crippen LogP contribution is 2.20. The topological polar surface area (TPSA) is 132 Å². The molecule has 1 fully saturated rings. The Morgan fingerprint density at radius 3 is 2.53 bits per heavy atom. The summed E-state index contributed by atoms with van der Waals surface area (Å²) in [5.74, 6) is 3.52. The van der Waals surface area contributed by atoms with Crippen molar-refractivity contribution in [2.75, 3.05) is 38.2 Å². The fraction of sp³-hybridized carbons (Fsp3) is 0.375. The molecule has 0 amide bonds. The van der Waals surface area contributed by atoms with E-state index in [1.54, 1.807) is 31.3 Å². The summed E-state index contributed by atoms with van der Waals surface area (Å²) >= 11 is 0. The highest BCUT2D eigenvalue weighted by atomic mass is 19.4. The van der Waals surface area contributed by atoms with Gasteiger partial charge < -0.3 is 20.1 Å². The molecule has 2 N–H and O–H groups in total. The van der Waals surface area contributed by atoms with Crippen LogP contribution < -0.4 is 15.8 Å². The number of hydrogen-bond acceptors (Lipinski definition) is 8. The number of nitrogens with one attached hydrogen (secondary N) is 1. The number of esters is 1. The summed E-state index contributed by atoms with van der Waals surface area (Å²) in [5.41, 5.74) is 2.00. The number of carboxylic acids is 1. The second kappa shape index (κ2) is 12.2. The average molecular weight is 534 g/mol. The number of piperazine rings is 1. The van der Waals surface area contributed by atoms with Crippen molar-refractivity contribution in [1.29, 1.82) is 0 Å². The fourth-order valence-electron chi connectivity index (χ4n) is 3.69. The molecule has 0 bridgehead atoms. The maximum Gasteiger partial charge on any atom is 0.490 e. The molecule has 0 saturated carbocycles. The molecular weight excluding hydrogens is 509 g/mol. The number of carbonyl (C=O) groups is 2. The first kappa shape index (κ1) is 28.2. The van der Waals surface area contributed by atoms with Gasteiger partial charge in [-0.15, -0.1) is 5.92 Å². The molecule has 2 aromatic heterocycles. The zero-order valence-corrected chi connectivity index (χ0v) is 20.6. The van der Waals surface area contributed by atoms with Crippen LogP contribution >= 0.6 is 0 Å². The van der Waals surface area contributed by atoms with Gasteiger partial charge >= 0.3 is 18.1 Å². The number of aromatic nitrogens is 4. The number of nitrogens with zero attached hydrogens (tertiary/aromatic N) is 5. The number of ether oxygens (including phenoxy) is 1. The van der Waals surface area contributed by atoms with E-state index in [0.717, 1.165) is 37.7 Å². The third-order valence-electron chi connectivity index (χ3n) is 5.47. The summed E-state index contributed by atoms with van der Waals surface area (Å²) in [4.78, 5) is 40.9. The average Bonchev–Trinajstić information content (AvgIpc) is 3.28. The highest BCUT2D eigenvalue weighted by Gasteiger charge is 2.38. The van der Waals surface area contributed by atoms with Crippen LogP contribution in [0.4, 0.5) is 19.1 Å². The van der Waals surface area contributed by atoms with Gasteiger partial charge in [-0.2, -0.15) is 18.3 Å². The Kier molecular flexibility index (Phi) is 9.08. The largest absolute Gasteiger partial charge is 0.490 e. The number of aliphatic carboxylic acids is 1.